The molecule has 1 amide bonds. The van der Waals surface area contributed by atoms with Crippen molar-refractivity contribution >= 4 is 22.1 Å². The summed E-state index contributed by atoms with van der Waals surface area (Å²) in [7, 11) is 0.611. The standard InChI is InChI=1S/C11H21N3O5S/c1-12(2)10(15)8-13(3)20(18,19)14-6-4-5-9(7-14)11(16)17/h9H,4-8H2,1-3H3,(H,16,17). The molecule has 0 aromatic rings. The zero-order valence-electron chi connectivity index (χ0n) is 11.9. The molecule has 0 bridgehead atoms. The lowest BCUT2D eigenvalue weighted by molar-refractivity contribution is -0.143. The number of hydrogen-bond acceptors (Lipinski definition) is 4. The van der Waals surface area contributed by atoms with E-state index in [2.05, 4.69) is 0 Å². The topological polar surface area (TPSA) is 98.2 Å². The van der Waals surface area contributed by atoms with Crippen LogP contribution >= 0.6 is 0 Å². The molecule has 0 aromatic carbocycles. The van der Waals surface area contributed by atoms with Crippen molar-refractivity contribution in [2.24, 2.45) is 5.92 Å². The van der Waals surface area contributed by atoms with E-state index in [4.69, 9.17) is 5.11 Å². The van der Waals surface area contributed by atoms with Gasteiger partial charge in [0.25, 0.3) is 10.2 Å². The van der Waals surface area contributed by atoms with Gasteiger partial charge in [-0.15, -0.1) is 0 Å². The Morgan fingerprint density at radius 1 is 1.30 bits per heavy atom. The molecule has 20 heavy (non-hydrogen) atoms. The van der Waals surface area contributed by atoms with Crippen molar-refractivity contribution < 1.29 is 23.1 Å². The largest absolute Gasteiger partial charge is 0.481 e. The van der Waals surface area contributed by atoms with Crippen LogP contribution in [0.15, 0.2) is 0 Å². The number of piperidine rings is 1. The van der Waals surface area contributed by atoms with Gasteiger partial charge in [-0.3, -0.25) is 9.59 Å². The Morgan fingerprint density at radius 2 is 1.90 bits per heavy atom. The first kappa shape index (κ1) is 16.9. The summed E-state index contributed by atoms with van der Waals surface area (Å²) in [6.45, 7) is -0.0195. The van der Waals surface area contributed by atoms with Gasteiger partial charge in [0.05, 0.1) is 12.5 Å². The van der Waals surface area contributed by atoms with Crippen molar-refractivity contribution in [1.29, 1.82) is 0 Å². The molecule has 8 nitrogen and oxygen atoms in total. The minimum absolute atomic E-state index is 0.0435. The monoisotopic (exact) mass is 307 g/mol. The first-order chi connectivity index (χ1) is 9.16. The van der Waals surface area contributed by atoms with E-state index in [9.17, 15) is 18.0 Å². The zero-order chi connectivity index (χ0) is 15.5. The molecule has 1 N–H and O–H groups in total. The average Bonchev–Trinajstić information content (AvgIpc) is 2.38. The number of hydrogen-bond donors (Lipinski definition) is 1. The van der Waals surface area contributed by atoms with Crippen LogP contribution in [0.4, 0.5) is 0 Å². The molecule has 1 rings (SSSR count). The highest BCUT2D eigenvalue weighted by Crippen LogP contribution is 2.20. The molecule has 1 aliphatic heterocycles. The van der Waals surface area contributed by atoms with Crippen LogP contribution in [0.25, 0.3) is 0 Å². The predicted octanol–water partition coefficient (Wildman–Crippen LogP) is -0.952. The third kappa shape index (κ3) is 3.90. The quantitative estimate of drug-likeness (QED) is 0.706. The van der Waals surface area contributed by atoms with Crippen LogP contribution in [0.2, 0.25) is 0 Å². The molecule has 0 spiro atoms. The average molecular weight is 307 g/mol. The number of carboxylic acids is 1. The summed E-state index contributed by atoms with van der Waals surface area (Å²) in [5.41, 5.74) is 0. The van der Waals surface area contributed by atoms with Gasteiger partial charge in [0.15, 0.2) is 0 Å². The molecular formula is C11H21N3O5S. The van der Waals surface area contributed by atoms with Gasteiger partial charge in [0.2, 0.25) is 5.91 Å². The zero-order valence-corrected chi connectivity index (χ0v) is 12.8. The number of carboxylic acid groups (broad SMARTS) is 1. The summed E-state index contributed by atoms with van der Waals surface area (Å²) in [5, 5.41) is 8.98. The van der Waals surface area contributed by atoms with Gasteiger partial charge in [-0.25, -0.2) is 0 Å². The van der Waals surface area contributed by atoms with Gasteiger partial charge in [-0.2, -0.15) is 17.0 Å². The molecule has 1 unspecified atom stereocenters. The molecule has 1 heterocycles. The summed E-state index contributed by atoms with van der Waals surface area (Å²) in [5.74, 6) is -2.00. The minimum Gasteiger partial charge on any atom is -0.481 e. The summed E-state index contributed by atoms with van der Waals surface area (Å²) in [4.78, 5) is 23.8. The Bertz CT molecular complexity index is 476. The van der Waals surface area contributed by atoms with Crippen LogP contribution in [0.5, 0.6) is 0 Å². The molecule has 1 atom stereocenters. The number of rotatable bonds is 5. The maximum Gasteiger partial charge on any atom is 0.307 e. The van der Waals surface area contributed by atoms with E-state index in [1.807, 2.05) is 0 Å². The smallest absolute Gasteiger partial charge is 0.307 e. The fourth-order valence-electron chi connectivity index (χ4n) is 1.96. The van der Waals surface area contributed by atoms with Crippen LogP contribution in [0, 0.1) is 5.92 Å². The molecular weight excluding hydrogens is 286 g/mol. The maximum absolute atomic E-state index is 12.3. The Kier molecular flexibility index (Phi) is 5.49. The number of carbonyl (C=O) groups is 2. The van der Waals surface area contributed by atoms with Crippen LogP contribution in [0.1, 0.15) is 12.8 Å². The van der Waals surface area contributed by atoms with Gasteiger partial charge in [-0.05, 0) is 12.8 Å². The molecule has 1 aliphatic rings. The number of nitrogens with zero attached hydrogens (tertiary/aromatic N) is 3. The Morgan fingerprint density at radius 3 is 2.40 bits per heavy atom. The van der Waals surface area contributed by atoms with Gasteiger partial charge < -0.3 is 10.0 Å². The molecule has 0 aliphatic carbocycles. The van der Waals surface area contributed by atoms with E-state index in [1.165, 1.54) is 11.9 Å². The predicted molar refractivity (Wildman–Crippen MR) is 72.2 cm³/mol. The van der Waals surface area contributed by atoms with Gasteiger partial charge in [0.1, 0.15) is 0 Å². The summed E-state index contributed by atoms with van der Waals surface area (Å²) < 4.78 is 26.7. The Hall–Kier alpha value is -1.19. The first-order valence-corrected chi connectivity index (χ1v) is 7.70. The second-order valence-corrected chi connectivity index (χ2v) is 7.12. The van der Waals surface area contributed by atoms with Crippen molar-refractivity contribution in [3.8, 4) is 0 Å². The second-order valence-electron chi connectivity index (χ2n) is 5.09. The lowest BCUT2D eigenvalue weighted by atomic mass is 10.0. The fourth-order valence-corrected chi connectivity index (χ4v) is 3.36. The number of likely N-dealkylation sites (N-methyl/N-ethyl adjacent to an activating group) is 2. The van der Waals surface area contributed by atoms with Crippen molar-refractivity contribution in [3.63, 3.8) is 0 Å². The molecule has 1 fully saturated rings. The highest BCUT2D eigenvalue weighted by atomic mass is 32.2. The summed E-state index contributed by atoms with van der Waals surface area (Å²) in [6.07, 6.45) is 0.980. The van der Waals surface area contributed by atoms with E-state index >= 15 is 0 Å². The van der Waals surface area contributed by atoms with Gasteiger partial charge in [0, 0.05) is 34.2 Å². The van der Waals surface area contributed by atoms with E-state index in [0.717, 1.165) is 8.61 Å². The SMILES string of the molecule is CN(C)C(=O)CN(C)S(=O)(=O)N1CCCC(C(=O)O)C1. The van der Waals surface area contributed by atoms with Crippen molar-refractivity contribution in [1.82, 2.24) is 13.5 Å². The van der Waals surface area contributed by atoms with Gasteiger partial charge >= 0.3 is 5.97 Å². The third-order valence-electron chi connectivity index (χ3n) is 3.31. The highest BCUT2D eigenvalue weighted by Gasteiger charge is 2.35. The third-order valence-corrected chi connectivity index (χ3v) is 5.21. The normalized spacial score (nSPS) is 20.9. The molecule has 0 aromatic heterocycles. The molecule has 116 valence electrons. The molecule has 9 heteroatoms. The highest BCUT2D eigenvalue weighted by molar-refractivity contribution is 7.86. The number of aliphatic carboxylic acids is 1. The first-order valence-electron chi connectivity index (χ1n) is 6.30. The van der Waals surface area contributed by atoms with E-state index in [1.54, 1.807) is 14.1 Å². The minimum atomic E-state index is -3.80. The fraction of sp³-hybridized carbons (Fsp3) is 0.818. The van der Waals surface area contributed by atoms with E-state index < -0.39 is 22.1 Å². The summed E-state index contributed by atoms with van der Waals surface area (Å²) in [6, 6.07) is 0. The molecule has 0 saturated carbocycles. The lowest BCUT2D eigenvalue weighted by Gasteiger charge is -2.32. The second kappa shape index (κ2) is 6.51. The Labute approximate surface area is 119 Å². The van der Waals surface area contributed by atoms with Crippen LogP contribution in [0.3, 0.4) is 0 Å². The van der Waals surface area contributed by atoms with Gasteiger partial charge in [-0.1, -0.05) is 0 Å². The van der Waals surface area contributed by atoms with E-state index in [0.29, 0.717) is 12.8 Å². The van der Waals surface area contributed by atoms with Crippen LogP contribution < -0.4 is 0 Å². The summed E-state index contributed by atoms with van der Waals surface area (Å²) >= 11 is 0. The van der Waals surface area contributed by atoms with Crippen molar-refractivity contribution in [2.75, 3.05) is 40.8 Å². The van der Waals surface area contributed by atoms with Crippen molar-refractivity contribution in [2.45, 2.75) is 12.8 Å². The molecule has 0 radical (unpaired) electrons. The van der Waals surface area contributed by atoms with Crippen LogP contribution in [-0.2, 0) is 19.8 Å². The number of carbonyl (C=O) groups excluding carboxylic acids is 1. The maximum atomic E-state index is 12.3. The number of amides is 1. The molecule has 1 saturated heterocycles. The van der Waals surface area contributed by atoms with Crippen molar-refractivity contribution in [3.05, 3.63) is 0 Å². The Balaban J connectivity index is 2.77. The van der Waals surface area contributed by atoms with Crippen LogP contribution in [-0.4, -0.2) is 79.7 Å². The van der Waals surface area contributed by atoms with E-state index in [-0.39, 0.29) is 25.5 Å². The lowest BCUT2D eigenvalue weighted by Crippen LogP contribution is -2.50.